The first kappa shape index (κ1) is 17.2. The highest BCUT2D eigenvalue weighted by Gasteiger charge is 2.04. The van der Waals surface area contributed by atoms with Crippen molar-refractivity contribution in [2.75, 3.05) is 59.9 Å². The fourth-order valence-corrected chi connectivity index (χ4v) is 2.04. The van der Waals surface area contributed by atoms with Crippen LogP contribution in [0.15, 0.2) is 0 Å². The summed E-state index contributed by atoms with van der Waals surface area (Å²) in [5.74, 6) is 1.06. The molecule has 0 unspecified atom stereocenters. The molecule has 0 saturated carbocycles. The van der Waals surface area contributed by atoms with E-state index >= 15 is 0 Å². The van der Waals surface area contributed by atoms with Crippen LogP contribution in [-0.2, 0) is 13.7 Å². The van der Waals surface area contributed by atoms with Gasteiger partial charge >= 0.3 is 0 Å². The Labute approximate surface area is 110 Å². The molecule has 0 aliphatic heterocycles. The van der Waals surface area contributed by atoms with Gasteiger partial charge in [0.25, 0.3) is 0 Å². The standard InChI is InChI=1S/C12H27NO3S/c1-14-10-4-7-13(8-5-11-15-2)9-6-12-17-16-3/h4-12H2,1-3H3. The maximum atomic E-state index is 5.09. The SMILES string of the molecule is COCCCN(CCCOC)CCCSOC. The van der Waals surface area contributed by atoms with Crippen molar-refractivity contribution < 1.29 is 13.7 Å². The zero-order chi connectivity index (χ0) is 12.8. The Bertz CT molecular complexity index is 140. The minimum atomic E-state index is 0.841. The minimum absolute atomic E-state index is 0.841. The van der Waals surface area contributed by atoms with Crippen LogP contribution in [0, 0.1) is 0 Å². The fourth-order valence-electron chi connectivity index (χ4n) is 1.63. The molecule has 0 aromatic heterocycles. The van der Waals surface area contributed by atoms with Crippen LogP contribution in [0.25, 0.3) is 0 Å². The average Bonchev–Trinajstić information content (AvgIpc) is 2.34. The first-order valence-corrected chi connectivity index (χ1v) is 7.12. The third-order valence-electron chi connectivity index (χ3n) is 2.47. The third-order valence-corrected chi connectivity index (χ3v) is 3.16. The summed E-state index contributed by atoms with van der Waals surface area (Å²) in [6.07, 6.45) is 3.36. The zero-order valence-electron chi connectivity index (χ0n) is 11.4. The Balaban J connectivity index is 3.60. The normalized spacial score (nSPS) is 11.3. The van der Waals surface area contributed by atoms with E-state index in [0.29, 0.717) is 0 Å². The molecule has 0 bridgehead atoms. The number of nitrogens with zero attached hydrogens (tertiary/aromatic N) is 1. The van der Waals surface area contributed by atoms with Crippen molar-refractivity contribution in [3.8, 4) is 0 Å². The Morgan fingerprint density at radius 1 is 0.824 bits per heavy atom. The molecule has 0 fully saturated rings. The quantitative estimate of drug-likeness (QED) is 0.376. The van der Waals surface area contributed by atoms with Gasteiger partial charge in [-0.15, -0.1) is 0 Å². The molecule has 0 aliphatic carbocycles. The molecule has 0 saturated heterocycles. The molecular formula is C12H27NO3S. The summed E-state index contributed by atoms with van der Waals surface area (Å²) < 4.78 is 15.1. The predicted molar refractivity (Wildman–Crippen MR) is 73.5 cm³/mol. The van der Waals surface area contributed by atoms with E-state index in [0.717, 1.165) is 51.4 Å². The molecule has 4 nitrogen and oxygen atoms in total. The summed E-state index contributed by atoms with van der Waals surface area (Å²) in [5, 5.41) is 0. The lowest BCUT2D eigenvalue weighted by Crippen LogP contribution is -2.29. The van der Waals surface area contributed by atoms with Gasteiger partial charge in [0.05, 0.1) is 7.11 Å². The number of hydrogen-bond donors (Lipinski definition) is 0. The van der Waals surface area contributed by atoms with Crippen LogP contribution >= 0.6 is 12.0 Å². The van der Waals surface area contributed by atoms with Crippen LogP contribution in [-0.4, -0.2) is 64.8 Å². The summed E-state index contributed by atoms with van der Waals surface area (Å²) in [6.45, 7) is 5.02. The predicted octanol–water partition coefficient (Wildman–Crippen LogP) is 2.05. The summed E-state index contributed by atoms with van der Waals surface area (Å²) >= 11 is 1.53. The van der Waals surface area contributed by atoms with E-state index in [1.165, 1.54) is 18.5 Å². The van der Waals surface area contributed by atoms with Gasteiger partial charge in [-0.05, 0) is 37.8 Å². The number of methoxy groups -OCH3 is 2. The molecule has 0 aromatic carbocycles. The molecule has 0 amide bonds. The van der Waals surface area contributed by atoms with E-state index in [2.05, 4.69) is 4.90 Å². The summed E-state index contributed by atoms with van der Waals surface area (Å²) in [6, 6.07) is 0. The molecular weight excluding hydrogens is 238 g/mol. The second-order valence-corrected chi connectivity index (χ2v) is 4.85. The molecule has 104 valence electrons. The monoisotopic (exact) mass is 265 g/mol. The lowest BCUT2D eigenvalue weighted by Gasteiger charge is -2.21. The molecule has 5 heteroatoms. The maximum absolute atomic E-state index is 5.09. The van der Waals surface area contributed by atoms with Crippen LogP contribution in [0.4, 0.5) is 0 Å². The van der Waals surface area contributed by atoms with E-state index < -0.39 is 0 Å². The Morgan fingerprint density at radius 3 is 1.82 bits per heavy atom. The number of hydrogen-bond acceptors (Lipinski definition) is 5. The summed E-state index contributed by atoms with van der Waals surface area (Å²) in [7, 11) is 5.23. The van der Waals surface area contributed by atoms with Crippen molar-refractivity contribution in [3.63, 3.8) is 0 Å². The van der Waals surface area contributed by atoms with Gasteiger partial charge in [-0.3, -0.25) is 0 Å². The molecule has 0 aliphatic rings. The van der Waals surface area contributed by atoms with Crippen LogP contribution in [0.1, 0.15) is 19.3 Å². The molecule has 0 atom stereocenters. The van der Waals surface area contributed by atoms with Crippen molar-refractivity contribution in [1.82, 2.24) is 4.90 Å². The topological polar surface area (TPSA) is 30.9 Å². The van der Waals surface area contributed by atoms with Crippen LogP contribution in [0.5, 0.6) is 0 Å². The van der Waals surface area contributed by atoms with Crippen LogP contribution < -0.4 is 0 Å². The minimum Gasteiger partial charge on any atom is -0.385 e. The van der Waals surface area contributed by atoms with E-state index in [1.807, 2.05) is 0 Å². The van der Waals surface area contributed by atoms with E-state index in [9.17, 15) is 0 Å². The zero-order valence-corrected chi connectivity index (χ0v) is 12.3. The van der Waals surface area contributed by atoms with Gasteiger partial charge in [0.2, 0.25) is 0 Å². The first-order valence-electron chi connectivity index (χ1n) is 6.21. The molecule has 0 rings (SSSR count). The molecule has 0 N–H and O–H groups in total. The van der Waals surface area contributed by atoms with Crippen molar-refractivity contribution in [1.29, 1.82) is 0 Å². The van der Waals surface area contributed by atoms with Gasteiger partial charge in [0.15, 0.2) is 0 Å². The molecule has 0 radical (unpaired) electrons. The van der Waals surface area contributed by atoms with Gasteiger partial charge in [-0.2, -0.15) is 0 Å². The lowest BCUT2D eigenvalue weighted by molar-refractivity contribution is 0.153. The van der Waals surface area contributed by atoms with E-state index in [-0.39, 0.29) is 0 Å². The smallest absolute Gasteiger partial charge is 0.0503 e. The van der Waals surface area contributed by atoms with Crippen molar-refractivity contribution in [2.24, 2.45) is 0 Å². The largest absolute Gasteiger partial charge is 0.385 e. The van der Waals surface area contributed by atoms with Crippen LogP contribution in [0.3, 0.4) is 0 Å². The second kappa shape index (κ2) is 14.3. The maximum Gasteiger partial charge on any atom is 0.0503 e. The van der Waals surface area contributed by atoms with E-state index in [4.69, 9.17) is 13.7 Å². The van der Waals surface area contributed by atoms with Crippen LogP contribution in [0.2, 0.25) is 0 Å². The highest BCUT2D eigenvalue weighted by Crippen LogP contribution is 2.04. The van der Waals surface area contributed by atoms with Crippen molar-refractivity contribution in [2.45, 2.75) is 19.3 Å². The Hall–Kier alpha value is 0.190. The fraction of sp³-hybridized carbons (Fsp3) is 1.00. The molecule has 0 heterocycles. The first-order chi connectivity index (χ1) is 8.35. The van der Waals surface area contributed by atoms with Crippen molar-refractivity contribution in [3.05, 3.63) is 0 Å². The molecule has 0 spiro atoms. The second-order valence-electron chi connectivity index (χ2n) is 3.88. The van der Waals surface area contributed by atoms with Crippen molar-refractivity contribution >= 4 is 12.0 Å². The van der Waals surface area contributed by atoms with E-state index in [1.54, 1.807) is 21.3 Å². The number of rotatable bonds is 13. The Kier molecular flexibility index (Phi) is 14.4. The summed E-state index contributed by atoms with van der Waals surface area (Å²) in [5.41, 5.74) is 0. The highest BCUT2D eigenvalue weighted by atomic mass is 32.2. The molecule has 17 heavy (non-hydrogen) atoms. The molecule has 0 aromatic rings. The lowest BCUT2D eigenvalue weighted by atomic mass is 10.3. The van der Waals surface area contributed by atoms with Gasteiger partial charge < -0.3 is 18.6 Å². The third kappa shape index (κ3) is 12.4. The van der Waals surface area contributed by atoms with Gasteiger partial charge in [-0.25, -0.2) is 0 Å². The highest BCUT2D eigenvalue weighted by molar-refractivity contribution is 7.94. The average molecular weight is 265 g/mol. The van der Waals surface area contributed by atoms with Gasteiger partial charge in [0, 0.05) is 46.3 Å². The van der Waals surface area contributed by atoms with Gasteiger partial charge in [0.1, 0.15) is 0 Å². The summed E-state index contributed by atoms with van der Waals surface area (Å²) in [4.78, 5) is 2.48. The number of ether oxygens (including phenoxy) is 2. The Morgan fingerprint density at radius 2 is 1.35 bits per heavy atom. The van der Waals surface area contributed by atoms with Gasteiger partial charge in [-0.1, -0.05) is 0 Å².